The van der Waals surface area contributed by atoms with Gasteiger partial charge in [0.05, 0.1) is 5.69 Å². The largest absolute Gasteiger partial charge is 0.322 e. The van der Waals surface area contributed by atoms with E-state index in [9.17, 15) is 4.79 Å². The maximum Gasteiger partial charge on any atom is 0.322 e. The van der Waals surface area contributed by atoms with E-state index in [4.69, 9.17) is 0 Å². The second kappa shape index (κ2) is 7.21. The van der Waals surface area contributed by atoms with Crippen molar-refractivity contribution in [2.75, 3.05) is 11.9 Å². The van der Waals surface area contributed by atoms with Gasteiger partial charge < -0.3 is 10.2 Å². The minimum absolute atomic E-state index is 0.0202. The molecule has 132 valence electrons. The lowest BCUT2D eigenvalue weighted by Crippen LogP contribution is -2.45. The molecule has 2 aromatic heterocycles. The number of urea groups is 1. The Morgan fingerprint density at radius 2 is 2.08 bits per heavy atom. The highest BCUT2D eigenvalue weighted by Gasteiger charge is 2.32. The van der Waals surface area contributed by atoms with Crippen molar-refractivity contribution in [2.24, 2.45) is 5.92 Å². The van der Waals surface area contributed by atoms with Crippen LogP contribution in [-0.4, -0.2) is 43.3 Å². The summed E-state index contributed by atoms with van der Waals surface area (Å²) in [5.41, 5.74) is 0.662. The maximum atomic E-state index is 13.0. The van der Waals surface area contributed by atoms with Gasteiger partial charge in [-0.2, -0.15) is 5.10 Å². The highest BCUT2D eigenvalue weighted by Crippen LogP contribution is 2.33. The van der Waals surface area contributed by atoms with Crippen molar-refractivity contribution in [2.45, 2.75) is 51.0 Å². The molecule has 2 aliphatic carbocycles. The first-order chi connectivity index (χ1) is 12.3. The van der Waals surface area contributed by atoms with Crippen molar-refractivity contribution in [1.82, 2.24) is 24.6 Å². The number of amides is 2. The number of hydrogen-bond acceptors (Lipinski definition) is 4. The number of hydrogen-bond donors (Lipinski definition) is 1. The van der Waals surface area contributed by atoms with Crippen LogP contribution in [0.1, 0.15) is 44.9 Å². The molecule has 0 aromatic carbocycles. The van der Waals surface area contributed by atoms with E-state index in [0.29, 0.717) is 23.5 Å². The monoisotopic (exact) mass is 340 g/mol. The fraction of sp³-hybridized carbons (Fsp3) is 0.556. The fourth-order valence-corrected chi connectivity index (χ4v) is 3.55. The van der Waals surface area contributed by atoms with Crippen LogP contribution in [0.25, 0.3) is 5.82 Å². The van der Waals surface area contributed by atoms with Gasteiger partial charge in [0.2, 0.25) is 0 Å². The van der Waals surface area contributed by atoms with E-state index in [-0.39, 0.29) is 6.03 Å². The minimum atomic E-state index is -0.0202. The highest BCUT2D eigenvalue weighted by molar-refractivity contribution is 5.91. The van der Waals surface area contributed by atoms with Gasteiger partial charge in [-0.05, 0) is 43.7 Å². The molecule has 25 heavy (non-hydrogen) atoms. The number of carbonyl (C=O) groups is 1. The summed E-state index contributed by atoms with van der Waals surface area (Å²) in [5, 5.41) is 7.19. The second-order valence-electron chi connectivity index (χ2n) is 7.03. The van der Waals surface area contributed by atoms with Crippen molar-refractivity contribution in [3.63, 3.8) is 0 Å². The summed E-state index contributed by atoms with van der Waals surface area (Å²) < 4.78 is 1.57. The first-order valence-electron chi connectivity index (χ1n) is 9.19. The van der Waals surface area contributed by atoms with Gasteiger partial charge >= 0.3 is 6.03 Å². The molecule has 7 heteroatoms. The van der Waals surface area contributed by atoms with Crippen molar-refractivity contribution in [3.8, 4) is 5.82 Å². The molecule has 2 aromatic rings. The van der Waals surface area contributed by atoms with Crippen LogP contribution < -0.4 is 5.32 Å². The number of pyridine rings is 1. The van der Waals surface area contributed by atoms with Gasteiger partial charge in [0, 0.05) is 18.8 Å². The quantitative estimate of drug-likeness (QED) is 0.906. The Hall–Kier alpha value is -2.44. The summed E-state index contributed by atoms with van der Waals surface area (Å²) in [6, 6.07) is 4.02. The summed E-state index contributed by atoms with van der Waals surface area (Å²) >= 11 is 0. The SMILES string of the molecule is O=C(Nc1cccnc1-n1cncn1)N(CC1CC1)C1CCCCC1. The number of aromatic nitrogens is 4. The molecular weight excluding hydrogens is 316 g/mol. The molecule has 2 fully saturated rings. The summed E-state index contributed by atoms with van der Waals surface area (Å²) in [6.45, 7) is 0.870. The van der Waals surface area contributed by atoms with Gasteiger partial charge in [-0.15, -0.1) is 0 Å². The summed E-state index contributed by atoms with van der Waals surface area (Å²) in [5.74, 6) is 1.26. The fourth-order valence-electron chi connectivity index (χ4n) is 3.55. The molecular formula is C18H24N6O. The lowest BCUT2D eigenvalue weighted by Gasteiger charge is -2.34. The molecule has 2 amide bonds. The molecule has 0 aliphatic heterocycles. The van der Waals surface area contributed by atoms with Gasteiger partial charge in [0.25, 0.3) is 0 Å². The van der Waals surface area contributed by atoms with Crippen LogP contribution in [0, 0.1) is 5.92 Å². The Kier molecular flexibility index (Phi) is 4.63. The number of anilines is 1. The Labute approximate surface area is 147 Å². The maximum absolute atomic E-state index is 13.0. The van der Waals surface area contributed by atoms with Crippen LogP contribution in [0.15, 0.2) is 31.0 Å². The molecule has 0 atom stereocenters. The number of nitrogens with one attached hydrogen (secondary N) is 1. The molecule has 7 nitrogen and oxygen atoms in total. The van der Waals surface area contributed by atoms with Crippen LogP contribution in [0.5, 0.6) is 0 Å². The van der Waals surface area contributed by atoms with Crippen LogP contribution in [0.2, 0.25) is 0 Å². The minimum Gasteiger partial charge on any atom is -0.321 e. The number of nitrogens with zero attached hydrogens (tertiary/aromatic N) is 5. The van der Waals surface area contributed by atoms with Crippen LogP contribution in [0.4, 0.5) is 10.5 Å². The molecule has 2 saturated carbocycles. The third kappa shape index (κ3) is 3.81. The van der Waals surface area contributed by atoms with Gasteiger partial charge in [-0.3, -0.25) is 0 Å². The topological polar surface area (TPSA) is 75.9 Å². The Morgan fingerprint density at radius 1 is 1.24 bits per heavy atom. The Morgan fingerprint density at radius 3 is 2.80 bits per heavy atom. The van der Waals surface area contributed by atoms with E-state index in [2.05, 4.69) is 25.3 Å². The molecule has 4 rings (SSSR count). The Balaban J connectivity index is 1.53. The molecule has 2 aliphatic rings. The summed E-state index contributed by atoms with van der Waals surface area (Å²) in [6.07, 6.45) is 13.2. The van der Waals surface area contributed by atoms with Crippen LogP contribution >= 0.6 is 0 Å². The lowest BCUT2D eigenvalue weighted by molar-refractivity contribution is 0.163. The average Bonchev–Trinajstić information content (AvgIpc) is 3.31. The van der Waals surface area contributed by atoms with Gasteiger partial charge in [0.1, 0.15) is 12.7 Å². The third-order valence-corrected chi connectivity index (χ3v) is 5.09. The number of carbonyl (C=O) groups excluding carboxylic acids is 1. The first kappa shape index (κ1) is 16.1. The van der Waals surface area contributed by atoms with E-state index in [1.807, 2.05) is 12.1 Å². The zero-order valence-corrected chi connectivity index (χ0v) is 14.3. The molecule has 0 bridgehead atoms. The third-order valence-electron chi connectivity index (χ3n) is 5.09. The molecule has 2 heterocycles. The van der Waals surface area contributed by atoms with Gasteiger partial charge in [-0.1, -0.05) is 19.3 Å². The van der Waals surface area contributed by atoms with Crippen molar-refractivity contribution in [3.05, 3.63) is 31.0 Å². The normalized spacial score (nSPS) is 18.1. The van der Waals surface area contributed by atoms with Gasteiger partial charge in [0.15, 0.2) is 5.82 Å². The zero-order valence-electron chi connectivity index (χ0n) is 14.3. The molecule has 0 saturated heterocycles. The zero-order chi connectivity index (χ0) is 17.1. The van der Waals surface area contributed by atoms with Crippen molar-refractivity contribution in [1.29, 1.82) is 0 Å². The number of rotatable bonds is 5. The van der Waals surface area contributed by atoms with E-state index >= 15 is 0 Å². The van der Waals surface area contributed by atoms with Crippen molar-refractivity contribution < 1.29 is 4.79 Å². The molecule has 0 radical (unpaired) electrons. The average molecular weight is 340 g/mol. The predicted octanol–water partition coefficient (Wildman–Crippen LogP) is 3.24. The van der Waals surface area contributed by atoms with E-state index < -0.39 is 0 Å². The van der Waals surface area contributed by atoms with E-state index in [0.717, 1.165) is 19.4 Å². The van der Waals surface area contributed by atoms with Crippen LogP contribution in [-0.2, 0) is 0 Å². The van der Waals surface area contributed by atoms with E-state index in [1.54, 1.807) is 17.2 Å². The van der Waals surface area contributed by atoms with Gasteiger partial charge in [-0.25, -0.2) is 19.4 Å². The smallest absolute Gasteiger partial charge is 0.321 e. The second-order valence-corrected chi connectivity index (χ2v) is 7.03. The van der Waals surface area contributed by atoms with Crippen LogP contribution in [0.3, 0.4) is 0 Å². The van der Waals surface area contributed by atoms with Crippen molar-refractivity contribution >= 4 is 11.7 Å². The molecule has 0 spiro atoms. The summed E-state index contributed by atoms with van der Waals surface area (Å²) in [4.78, 5) is 23.4. The lowest BCUT2D eigenvalue weighted by atomic mass is 9.94. The molecule has 0 unspecified atom stereocenters. The standard InChI is InChI=1S/C18H24N6O/c25-18(23(11-14-8-9-14)15-5-2-1-3-6-15)22-16-7-4-10-20-17(16)24-13-19-12-21-24/h4,7,10,12-15H,1-3,5-6,8-9,11H2,(H,22,25). The molecule has 1 N–H and O–H groups in total. The van der Waals surface area contributed by atoms with E-state index in [1.165, 1.54) is 38.4 Å². The summed E-state index contributed by atoms with van der Waals surface area (Å²) in [7, 11) is 0. The first-order valence-corrected chi connectivity index (χ1v) is 9.19. The predicted molar refractivity (Wildman–Crippen MR) is 94.5 cm³/mol. The Bertz CT molecular complexity index is 706. The highest BCUT2D eigenvalue weighted by atomic mass is 16.2.